The monoisotopic (exact) mass is 386 g/mol. The Labute approximate surface area is 161 Å². The number of para-hydroxylation sites is 1. The minimum Gasteiger partial charge on any atom is -0.508 e. The van der Waals surface area contributed by atoms with E-state index in [1.807, 2.05) is 0 Å². The number of phenols is 1. The molecule has 0 spiro atoms. The molecule has 3 rings (SSSR count). The van der Waals surface area contributed by atoms with Crippen molar-refractivity contribution in [1.29, 1.82) is 0 Å². The molecule has 27 heavy (non-hydrogen) atoms. The fraction of sp³-hybridized carbons (Fsp3) is 0.200. The van der Waals surface area contributed by atoms with Crippen molar-refractivity contribution in [1.82, 2.24) is 4.90 Å². The summed E-state index contributed by atoms with van der Waals surface area (Å²) in [4.78, 5) is 25.9. The quantitative estimate of drug-likeness (QED) is 0.655. The van der Waals surface area contributed by atoms with E-state index in [-0.39, 0.29) is 18.2 Å². The largest absolute Gasteiger partial charge is 0.508 e. The van der Waals surface area contributed by atoms with E-state index in [0.717, 1.165) is 10.9 Å². The zero-order chi connectivity index (χ0) is 19.6. The predicted octanol–water partition coefficient (Wildman–Crippen LogP) is 3.53. The second-order valence-electron chi connectivity index (χ2n) is 6.38. The highest BCUT2D eigenvalue weighted by Crippen LogP contribution is 2.27. The summed E-state index contributed by atoms with van der Waals surface area (Å²) < 4.78 is 5.24. The number of likely N-dealkylation sites (N-methyl/N-ethyl adjacent to an activating group) is 1. The predicted molar refractivity (Wildman–Crippen MR) is 105 cm³/mol. The van der Waals surface area contributed by atoms with Crippen molar-refractivity contribution in [3.8, 4) is 5.75 Å². The molecule has 7 heteroatoms. The van der Waals surface area contributed by atoms with Crippen molar-refractivity contribution in [2.24, 2.45) is 0 Å². The van der Waals surface area contributed by atoms with Gasteiger partial charge in [-0.05, 0) is 43.8 Å². The molecule has 0 bridgehead atoms. The van der Waals surface area contributed by atoms with Crippen LogP contribution >= 0.6 is 11.6 Å². The van der Waals surface area contributed by atoms with Crippen molar-refractivity contribution in [2.75, 3.05) is 18.9 Å². The summed E-state index contributed by atoms with van der Waals surface area (Å²) in [6.07, 6.45) is 0. The molecule has 2 aromatic carbocycles. The third-order valence-electron chi connectivity index (χ3n) is 4.22. The summed E-state index contributed by atoms with van der Waals surface area (Å²) >= 11 is 6.05. The van der Waals surface area contributed by atoms with Gasteiger partial charge in [-0.25, -0.2) is 4.79 Å². The summed E-state index contributed by atoms with van der Waals surface area (Å²) in [6.45, 7) is 2.16. The van der Waals surface area contributed by atoms with Gasteiger partial charge in [0, 0.05) is 23.6 Å². The Kier molecular flexibility index (Phi) is 5.48. The number of amides is 1. The van der Waals surface area contributed by atoms with E-state index in [0.29, 0.717) is 28.4 Å². The average molecular weight is 387 g/mol. The van der Waals surface area contributed by atoms with Gasteiger partial charge in [-0.2, -0.15) is 0 Å². The number of halogens is 1. The minimum absolute atomic E-state index is 0.0651. The molecule has 0 saturated carbocycles. The molecule has 3 aromatic rings. The molecule has 0 aliphatic heterocycles. The van der Waals surface area contributed by atoms with Crippen molar-refractivity contribution in [3.05, 3.63) is 69.0 Å². The number of carbonyl (C=O) groups is 1. The van der Waals surface area contributed by atoms with Crippen molar-refractivity contribution < 1.29 is 14.3 Å². The van der Waals surface area contributed by atoms with Gasteiger partial charge >= 0.3 is 5.63 Å². The van der Waals surface area contributed by atoms with Crippen LogP contribution in [0.4, 0.5) is 5.69 Å². The standard InChI is InChI=1S/C20H19ClN2O4/c1-12-17(24)8-7-14-13(9-19(26)27-20(12)14)10-23(2)11-18(25)22-16-6-4-3-5-15(16)21/h3-9,24H,10-11H2,1-2H3,(H,22,25). The van der Waals surface area contributed by atoms with Crippen LogP contribution in [0.25, 0.3) is 11.0 Å². The second kappa shape index (κ2) is 7.82. The van der Waals surface area contributed by atoms with Gasteiger partial charge < -0.3 is 14.8 Å². The van der Waals surface area contributed by atoms with Crippen molar-refractivity contribution >= 4 is 34.2 Å². The summed E-state index contributed by atoms with van der Waals surface area (Å²) in [7, 11) is 1.78. The van der Waals surface area contributed by atoms with Crippen LogP contribution in [-0.2, 0) is 11.3 Å². The fourth-order valence-corrected chi connectivity index (χ4v) is 3.07. The van der Waals surface area contributed by atoms with Gasteiger partial charge in [0.1, 0.15) is 11.3 Å². The van der Waals surface area contributed by atoms with Gasteiger partial charge in [0.15, 0.2) is 0 Å². The lowest BCUT2D eigenvalue weighted by atomic mass is 10.1. The molecule has 0 aliphatic carbocycles. The highest BCUT2D eigenvalue weighted by atomic mass is 35.5. The zero-order valence-corrected chi connectivity index (χ0v) is 15.7. The number of nitrogens with one attached hydrogen (secondary N) is 1. The lowest BCUT2D eigenvalue weighted by Gasteiger charge is -2.18. The van der Waals surface area contributed by atoms with Crippen LogP contribution in [0.2, 0.25) is 5.02 Å². The first kappa shape index (κ1) is 18.9. The number of anilines is 1. The summed E-state index contributed by atoms with van der Waals surface area (Å²) in [5.41, 5.74) is 1.63. The second-order valence-corrected chi connectivity index (χ2v) is 6.78. The number of fused-ring (bicyclic) bond motifs is 1. The van der Waals surface area contributed by atoms with Crippen LogP contribution in [0, 0.1) is 6.92 Å². The lowest BCUT2D eigenvalue weighted by molar-refractivity contribution is -0.117. The van der Waals surface area contributed by atoms with Crippen LogP contribution in [0.5, 0.6) is 5.75 Å². The first-order valence-corrected chi connectivity index (χ1v) is 8.71. The Morgan fingerprint density at radius 3 is 2.74 bits per heavy atom. The Morgan fingerprint density at radius 2 is 2.00 bits per heavy atom. The van der Waals surface area contributed by atoms with Gasteiger partial charge in [0.25, 0.3) is 0 Å². The van der Waals surface area contributed by atoms with Crippen LogP contribution in [0.1, 0.15) is 11.1 Å². The number of aryl methyl sites for hydroxylation is 1. The maximum Gasteiger partial charge on any atom is 0.336 e. The lowest BCUT2D eigenvalue weighted by Crippen LogP contribution is -2.30. The molecule has 0 saturated heterocycles. The third kappa shape index (κ3) is 4.30. The molecule has 0 radical (unpaired) electrons. The Hall–Kier alpha value is -2.83. The maximum absolute atomic E-state index is 12.3. The molecule has 0 aliphatic rings. The van der Waals surface area contributed by atoms with Crippen LogP contribution in [0.15, 0.2) is 51.7 Å². The van der Waals surface area contributed by atoms with E-state index in [1.54, 1.807) is 55.3 Å². The number of hydrogen-bond acceptors (Lipinski definition) is 5. The molecule has 1 aromatic heterocycles. The fourth-order valence-electron chi connectivity index (χ4n) is 2.89. The van der Waals surface area contributed by atoms with Gasteiger partial charge in [-0.1, -0.05) is 23.7 Å². The Bertz CT molecular complexity index is 1060. The first-order chi connectivity index (χ1) is 12.8. The van der Waals surface area contributed by atoms with Crippen LogP contribution < -0.4 is 10.9 Å². The van der Waals surface area contributed by atoms with E-state index in [1.165, 1.54) is 6.07 Å². The molecular formula is C20H19ClN2O4. The van der Waals surface area contributed by atoms with Crippen molar-refractivity contribution in [2.45, 2.75) is 13.5 Å². The van der Waals surface area contributed by atoms with E-state index < -0.39 is 5.63 Å². The zero-order valence-electron chi connectivity index (χ0n) is 15.0. The minimum atomic E-state index is -0.500. The molecule has 2 N–H and O–H groups in total. The van der Waals surface area contributed by atoms with E-state index >= 15 is 0 Å². The summed E-state index contributed by atoms with van der Waals surface area (Å²) in [5, 5.41) is 13.8. The summed E-state index contributed by atoms with van der Waals surface area (Å²) in [5.74, 6) is -0.151. The molecule has 6 nitrogen and oxygen atoms in total. The van der Waals surface area contributed by atoms with Crippen molar-refractivity contribution in [3.63, 3.8) is 0 Å². The number of nitrogens with zero attached hydrogens (tertiary/aromatic N) is 1. The topological polar surface area (TPSA) is 82.8 Å². The number of aromatic hydroxyl groups is 1. The third-order valence-corrected chi connectivity index (χ3v) is 4.55. The number of hydrogen-bond donors (Lipinski definition) is 2. The molecule has 0 atom stereocenters. The van der Waals surface area contributed by atoms with Gasteiger partial charge in [0.2, 0.25) is 5.91 Å². The molecule has 1 heterocycles. The Balaban J connectivity index is 1.77. The highest BCUT2D eigenvalue weighted by molar-refractivity contribution is 6.33. The van der Waals surface area contributed by atoms with Gasteiger partial charge in [-0.3, -0.25) is 9.69 Å². The number of carbonyl (C=O) groups excluding carboxylic acids is 1. The maximum atomic E-state index is 12.3. The van der Waals surface area contributed by atoms with Crippen LogP contribution in [-0.4, -0.2) is 29.5 Å². The van der Waals surface area contributed by atoms with E-state index in [2.05, 4.69) is 5.32 Å². The normalized spacial score (nSPS) is 11.1. The Morgan fingerprint density at radius 1 is 1.26 bits per heavy atom. The molecule has 0 fully saturated rings. The molecule has 140 valence electrons. The molecular weight excluding hydrogens is 368 g/mol. The van der Waals surface area contributed by atoms with Gasteiger partial charge in [-0.15, -0.1) is 0 Å². The smallest absolute Gasteiger partial charge is 0.336 e. The van der Waals surface area contributed by atoms with Gasteiger partial charge in [0.05, 0.1) is 17.3 Å². The van der Waals surface area contributed by atoms with Crippen LogP contribution in [0.3, 0.4) is 0 Å². The number of benzene rings is 2. The van der Waals surface area contributed by atoms with E-state index in [4.69, 9.17) is 16.0 Å². The SMILES string of the molecule is Cc1c(O)ccc2c(CN(C)CC(=O)Nc3ccccc3Cl)cc(=O)oc12. The first-order valence-electron chi connectivity index (χ1n) is 8.33. The average Bonchev–Trinajstić information content (AvgIpc) is 2.60. The number of phenolic OH excluding ortho intramolecular Hbond substituents is 1. The highest BCUT2D eigenvalue weighted by Gasteiger charge is 2.14. The molecule has 0 unspecified atom stereocenters. The molecule has 1 amide bonds. The number of rotatable bonds is 5. The van der Waals surface area contributed by atoms with E-state index in [9.17, 15) is 14.7 Å². The summed E-state index contributed by atoms with van der Waals surface area (Å²) in [6, 6.07) is 11.7.